The topological polar surface area (TPSA) is 55.8 Å². The van der Waals surface area contributed by atoms with E-state index in [2.05, 4.69) is 33.9 Å². The highest BCUT2D eigenvalue weighted by Crippen LogP contribution is 2.38. The number of likely N-dealkylation sites (tertiary alicyclic amines) is 1. The fourth-order valence-electron chi connectivity index (χ4n) is 2.16. The van der Waals surface area contributed by atoms with Crippen molar-refractivity contribution in [2.24, 2.45) is 0 Å². The molecule has 0 bridgehead atoms. The van der Waals surface area contributed by atoms with Crippen molar-refractivity contribution < 1.29 is 18.8 Å². The molecule has 0 saturated carbocycles. The molecule has 5 nitrogen and oxygen atoms in total. The Morgan fingerprint density at radius 1 is 1.18 bits per heavy atom. The molecular formula is C16H31NO4Si-. The Morgan fingerprint density at radius 3 is 2.14 bits per heavy atom. The maximum atomic E-state index is 12.2. The van der Waals surface area contributed by atoms with Crippen molar-refractivity contribution in [2.45, 2.75) is 83.8 Å². The van der Waals surface area contributed by atoms with E-state index in [0.29, 0.717) is 13.0 Å². The summed E-state index contributed by atoms with van der Waals surface area (Å²) in [5.41, 5.74) is -0.567. The lowest BCUT2D eigenvalue weighted by atomic mass is 10.2. The normalized spacial score (nSPS) is 23.5. The molecular weight excluding hydrogens is 298 g/mol. The maximum Gasteiger partial charge on any atom is 0.410 e. The molecule has 0 aromatic carbocycles. The van der Waals surface area contributed by atoms with Gasteiger partial charge in [0.15, 0.2) is 0 Å². The van der Waals surface area contributed by atoms with E-state index in [-0.39, 0.29) is 11.1 Å². The summed E-state index contributed by atoms with van der Waals surface area (Å²) in [5, 5.41) is 0.100. The maximum absolute atomic E-state index is 12.2. The van der Waals surface area contributed by atoms with Gasteiger partial charge in [0.2, 0.25) is 0 Å². The van der Waals surface area contributed by atoms with Crippen LogP contribution in [0.25, 0.3) is 0 Å². The van der Waals surface area contributed by atoms with E-state index >= 15 is 0 Å². The number of ether oxygens (including phenoxy) is 1. The number of carbonyl (C=O) groups is 2. The molecule has 0 aliphatic carbocycles. The molecule has 1 aliphatic rings. The van der Waals surface area contributed by atoms with Gasteiger partial charge in [0.05, 0.1) is 6.04 Å². The monoisotopic (exact) mass is 329 g/mol. The van der Waals surface area contributed by atoms with Crippen LogP contribution in [-0.2, 0) is 14.0 Å². The number of carbonyl (C=O) groups excluding carboxylic acids is 2. The second-order valence-corrected chi connectivity index (χ2v) is 13.3. The lowest BCUT2D eigenvalue weighted by Crippen LogP contribution is -2.45. The molecule has 2 atom stereocenters. The zero-order chi connectivity index (χ0) is 17.3. The minimum atomic E-state index is -1.92. The van der Waals surface area contributed by atoms with E-state index in [9.17, 15) is 9.59 Å². The molecule has 6 heteroatoms. The van der Waals surface area contributed by atoms with E-state index in [1.165, 1.54) is 4.90 Å². The van der Waals surface area contributed by atoms with Crippen molar-refractivity contribution in [1.82, 2.24) is 4.90 Å². The third-order valence-electron chi connectivity index (χ3n) is 4.36. The summed E-state index contributed by atoms with van der Waals surface area (Å²) in [6, 6.07) is -0.454. The van der Waals surface area contributed by atoms with Crippen molar-refractivity contribution in [3.8, 4) is 0 Å². The fourth-order valence-corrected chi connectivity index (χ4v) is 3.52. The standard InChI is InChI=1S/C16H31NO4Si/c1-15(2,3)20-14(19)17-10-13(9-12(17)11-18)21-22(7,8)16(4,5)6/h11-13H,9-10H2,1-8H3/q-1/t12-,13+/m1/s1. The molecule has 1 fully saturated rings. The van der Waals surface area contributed by atoms with Gasteiger partial charge >= 0.3 is 6.09 Å². The minimum Gasteiger partial charge on any atom is -0.561 e. The van der Waals surface area contributed by atoms with Crippen LogP contribution >= 0.6 is 0 Å². The molecule has 0 spiro atoms. The summed E-state index contributed by atoms with van der Waals surface area (Å²) in [6.07, 6.45) is 0.836. The SMILES string of the molecule is CC(C)(C)OC(=O)N1C[C@@H](O[Si-](C)(C)C(C)(C)C)C[C@@H]1C=O. The summed E-state index contributed by atoms with van der Waals surface area (Å²) in [7, 11) is -1.92. The van der Waals surface area contributed by atoms with Gasteiger partial charge in [-0.25, -0.2) is 4.79 Å². The van der Waals surface area contributed by atoms with Crippen LogP contribution in [0.15, 0.2) is 0 Å². The Morgan fingerprint density at radius 2 is 1.73 bits per heavy atom. The van der Waals surface area contributed by atoms with Crippen molar-refractivity contribution >= 4 is 20.7 Å². The van der Waals surface area contributed by atoms with Gasteiger partial charge in [0.25, 0.3) is 0 Å². The molecule has 129 valence electrons. The predicted molar refractivity (Wildman–Crippen MR) is 89.5 cm³/mol. The van der Waals surface area contributed by atoms with E-state index in [1.54, 1.807) is 0 Å². The van der Waals surface area contributed by atoms with Crippen molar-refractivity contribution in [1.29, 1.82) is 0 Å². The number of nitrogens with zero attached hydrogens (tertiary/aromatic N) is 1. The number of hydrogen-bond acceptors (Lipinski definition) is 4. The van der Waals surface area contributed by atoms with Gasteiger partial charge in [-0.3, -0.25) is 4.90 Å². The van der Waals surface area contributed by atoms with Crippen LogP contribution in [0.2, 0.25) is 18.1 Å². The number of rotatable bonds is 3. The van der Waals surface area contributed by atoms with Gasteiger partial charge in [-0.15, -0.1) is 18.1 Å². The van der Waals surface area contributed by atoms with Crippen LogP contribution in [0.4, 0.5) is 4.79 Å². The summed E-state index contributed by atoms with van der Waals surface area (Å²) in [4.78, 5) is 25.0. The highest BCUT2D eigenvalue weighted by molar-refractivity contribution is 6.74. The van der Waals surface area contributed by atoms with E-state index < -0.39 is 26.1 Å². The zero-order valence-electron chi connectivity index (χ0n) is 15.2. The van der Waals surface area contributed by atoms with Crippen LogP contribution < -0.4 is 0 Å². The Balaban J connectivity index is 2.77. The minimum absolute atomic E-state index is 0.0939. The molecule has 1 saturated heterocycles. The molecule has 0 radical (unpaired) electrons. The Labute approximate surface area is 135 Å². The molecule has 1 amide bonds. The van der Waals surface area contributed by atoms with Crippen LogP contribution in [0.1, 0.15) is 48.0 Å². The third-order valence-corrected chi connectivity index (χ3v) is 8.89. The van der Waals surface area contributed by atoms with Crippen LogP contribution in [0.5, 0.6) is 0 Å². The molecule has 0 aromatic rings. The third kappa shape index (κ3) is 4.81. The van der Waals surface area contributed by atoms with Gasteiger partial charge in [-0.1, -0.05) is 20.8 Å². The summed E-state index contributed by atoms with van der Waals surface area (Å²) < 4.78 is 11.7. The Kier molecular flexibility index (Phi) is 5.50. The van der Waals surface area contributed by atoms with Crippen molar-refractivity contribution in [3.05, 3.63) is 0 Å². The van der Waals surface area contributed by atoms with Crippen molar-refractivity contribution in [3.63, 3.8) is 0 Å². The van der Waals surface area contributed by atoms with Crippen molar-refractivity contribution in [2.75, 3.05) is 6.54 Å². The highest BCUT2D eigenvalue weighted by atomic mass is 28.4. The van der Waals surface area contributed by atoms with Crippen LogP contribution in [0.3, 0.4) is 0 Å². The number of hydrogen-bond donors (Lipinski definition) is 0. The van der Waals surface area contributed by atoms with Gasteiger partial charge in [-0.05, 0) is 35.5 Å². The summed E-state index contributed by atoms with van der Waals surface area (Å²) in [5.74, 6) is 0. The molecule has 1 heterocycles. The first-order valence-corrected chi connectivity index (χ1v) is 10.8. The first-order chi connectivity index (χ1) is 9.77. The van der Waals surface area contributed by atoms with Crippen LogP contribution in [-0.4, -0.2) is 49.9 Å². The lowest BCUT2D eigenvalue weighted by Gasteiger charge is -2.50. The predicted octanol–water partition coefficient (Wildman–Crippen LogP) is 3.59. The number of aldehydes is 1. The summed E-state index contributed by atoms with van der Waals surface area (Å²) >= 11 is 0. The molecule has 0 N–H and O–H groups in total. The first-order valence-electron chi connectivity index (χ1n) is 7.89. The zero-order valence-corrected chi connectivity index (χ0v) is 16.2. The van der Waals surface area contributed by atoms with E-state index in [1.807, 2.05) is 20.8 Å². The quantitative estimate of drug-likeness (QED) is 0.586. The largest absolute Gasteiger partial charge is 0.561 e. The molecule has 0 unspecified atom stereocenters. The highest BCUT2D eigenvalue weighted by Gasteiger charge is 2.39. The second-order valence-electron chi connectivity index (χ2n) is 8.57. The Hall–Kier alpha value is -0.883. The second kappa shape index (κ2) is 6.32. The summed E-state index contributed by atoms with van der Waals surface area (Å²) in [6.45, 7) is 16.8. The molecule has 1 rings (SSSR count). The molecule has 22 heavy (non-hydrogen) atoms. The number of amides is 1. The van der Waals surface area contributed by atoms with Gasteiger partial charge in [0, 0.05) is 12.6 Å². The first kappa shape index (κ1) is 19.2. The molecule has 1 aliphatic heterocycles. The average Bonchev–Trinajstić information content (AvgIpc) is 2.67. The fraction of sp³-hybridized carbons (Fsp3) is 0.875. The molecule has 0 aromatic heterocycles. The van der Waals surface area contributed by atoms with Crippen LogP contribution in [0, 0.1) is 0 Å². The van der Waals surface area contributed by atoms with E-state index in [4.69, 9.17) is 9.16 Å². The average molecular weight is 330 g/mol. The smallest absolute Gasteiger partial charge is 0.410 e. The Bertz CT molecular complexity index is 423. The van der Waals surface area contributed by atoms with E-state index in [0.717, 1.165) is 6.29 Å². The van der Waals surface area contributed by atoms with Gasteiger partial charge < -0.3 is 14.0 Å². The van der Waals surface area contributed by atoms with Gasteiger partial charge in [0.1, 0.15) is 11.9 Å². The lowest BCUT2D eigenvalue weighted by molar-refractivity contribution is -0.111. The van der Waals surface area contributed by atoms with Gasteiger partial charge in [-0.2, -0.15) is 0 Å².